The van der Waals surface area contributed by atoms with Crippen molar-refractivity contribution in [3.63, 3.8) is 0 Å². The molecule has 0 radical (unpaired) electrons. The van der Waals surface area contributed by atoms with Gasteiger partial charge in [0.2, 0.25) is 0 Å². The van der Waals surface area contributed by atoms with Crippen LogP contribution in [0.2, 0.25) is 0 Å². The molecule has 0 aliphatic rings. The summed E-state index contributed by atoms with van der Waals surface area (Å²) in [6, 6.07) is 62.9. The number of hydrogen-bond donors (Lipinski definition) is 0. The lowest BCUT2D eigenvalue weighted by Gasteiger charge is -2.13. The van der Waals surface area contributed by atoms with Crippen molar-refractivity contribution >= 4 is 81.4 Å². The topological polar surface area (TPSA) is 48.0 Å². The van der Waals surface area contributed by atoms with Crippen molar-refractivity contribution in [1.29, 1.82) is 0 Å². The Hall–Kier alpha value is -7.63. The van der Waals surface area contributed by atoms with E-state index in [1.54, 1.807) is 0 Å². The summed E-state index contributed by atoms with van der Waals surface area (Å²) in [5, 5.41) is 12.7. The van der Waals surface area contributed by atoms with Gasteiger partial charge in [0.05, 0.1) is 27.6 Å². The maximum atomic E-state index is 5.06. The first-order chi connectivity index (χ1) is 27.8. The number of rotatable bonds is 4. The molecule has 0 bridgehead atoms. The number of para-hydroxylation sites is 2. The van der Waals surface area contributed by atoms with Crippen molar-refractivity contribution in [2.24, 2.45) is 0 Å². The maximum Gasteiger partial charge on any atom is 0.164 e. The zero-order valence-corrected chi connectivity index (χ0v) is 30.0. The molecule has 0 amide bonds. The van der Waals surface area contributed by atoms with Gasteiger partial charge in [-0.15, -0.1) is 0 Å². The summed E-state index contributed by atoms with van der Waals surface area (Å²) in [4.78, 5) is 15.0. The summed E-state index contributed by atoms with van der Waals surface area (Å²) < 4.78 is 4.89. The largest absolute Gasteiger partial charge is 0.309 e. The molecular weight excluding hydrogens is 683 g/mol. The van der Waals surface area contributed by atoms with Gasteiger partial charge in [-0.1, -0.05) is 127 Å². The summed E-state index contributed by atoms with van der Waals surface area (Å²) in [5.41, 5.74) is 10.1. The molecule has 0 atom stereocenters. The first-order valence-electron chi connectivity index (χ1n) is 19.0. The maximum absolute atomic E-state index is 5.06. The van der Waals surface area contributed by atoms with Gasteiger partial charge in [-0.2, -0.15) is 0 Å². The minimum absolute atomic E-state index is 0.657. The first kappa shape index (κ1) is 29.8. The van der Waals surface area contributed by atoms with Gasteiger partial charge in [0.1, 0.15) is 0 Å². The van der Waals surface area contributed by atoms with Gasteiger partial charge < -0.3 is 8.97 Å². The zero-order chi connectivity index (χ0) is 36.5. The molecule has 0 saturated carbocycles. The molecule has 0 fully saturated rings. The van der Waals surface area contributed by atoms with Crippen LogP contribution >= 0.6 is 0 Å². The van der Waals surface area contributed by atoms with Crippen LogP contribution in [-0.2, 0) is 0 Å². The van der Waals surface area contributed by atoms with E-state index in [2.05, 4.69) is 148 Å². The Labute approximate surface area is 320 Å². The molecule has 56 heavy (non-hydrogen) atoms. The highest BCUT2D eigenvalue weighted by Crippen LogP contribution is 2.48. The Morgan fingerprint density at radius 1 is 0.304 bits per heavy atom. The number of benzene rings is 9. The molecule has 258 valence electrons. The highest BCUT2D eigenvalue weighted by Gasteiger charge is 2.24. The quantitative estimate of drug-likeness (QED) is 0.171. The molecule has 13 aromatic rings. The van der Waals surface area contributed by atoms with Gasteiger partial charge in [-0.3, -0.25) is 0 Å². The predicted molar refractivity (Wildman–Crippen MR) is 231 cm³/mol. The molecule has 0 saturated heterocycles. The summed E-state index contributed by atoms with van der Waals surface area (Å²) in [6.45, 7) is 0. The van der Waals surface area contributed by atoms with E-state index in [1.165, 1.54) is 87.1 Å². The van der Waals surface area contributed by atoms with Gasteiger partial charge in [-0.05, 0) is 70.1 Å². The Kier molecular flexibility index (Phi) is 5.83. The lowest BCUT2D eigenvalue weighted by Crippen LogP contribution is -2.00. The normalized spacial score (nSPS) is 12.3. The van der Waals surface area contributed by atoms with Crippen LogP contribution in [-0.4, -0.2) is 23.9 Å². The van der Waals surface area contributed by atoms with Crippen LogP contribution < -0.4 is 0 Å². The lowest BCUT2D eigenvalue weighted by molar-refractivity contribution is 1.07. The Bertz CT molecular complexity index is 3580. The van der Waals surface area contributed by atoms with Gasteiger partial charge in [0, 0.05) is 54.7 Å². The second-order valence-electron chi connectivity index (χ2n) is 14.8. The average Bonchev–Trinajstić information content (AvgIpc) is 3.92. The third-order valence-electron chi connectivity index (χ3n) is 11.8. The first-order valence-corrected chi connectivity index (χ1v) is 19.0. The van der Waals surface area contributed by atoms with E-state index in [0.717, 1.165) is 16.7 Å². The minimum atomic E-state index is 0.657. The van der Waals surface area contributed by atoms with Crippen LogP contribution in [0, 0.1) is 0 Å². The zero-order valence-electron chi connectivity index (χ0n) is 30.0. The fourth-order valence-electron chi connectivity index (χ4n) is 9.46. The van der Waals surface area contributed by atoms with Gasteiger partial charge >= 0.3 is 0 Å². The van der Waals surface area contributed by atoms with Crippen molar-refractivity contribution in [2.45, 2.75) is 0 Å². The molecule has 5 heteroatoms. The second kappa shape index (κ2) is 11.0. The molecule has 5 nitrogen and oxygen atoms in total. The van der Waals surface area contributed by atoms with Crippen molar-refractivity contribution in [2.75, 3.05) is 0 Å². The van der Waals surface area contributed by atoms with Crippen LogP contribution in [0.3, 0.4) is 0 Å². The van der Waals surface area contributed by atoms with Crippen molar-refractivity contribution in [3.05, 3.63) is 176 Å². The van der Waals surface area contributed by atoms with Crippen LogP contribution in [0.5, 0.6) is 0 Å². The van der Waals surface area contributed by atoms with Crippen molar-refractivity contribution in [3.8, 4) is 39.9 Å². The van der Waals surface area contributed by atoms with E-state index in [0.29, 0.717) is 17.5 Å². The van der Waals surface area contributed by atoms with Gasteiger partial charge in [0.25, 0.3) is 0 Å². The number of fused-ring (bicyclic) bond motifs is 10. The summed E-state index contributed by atoms with van der Waals surface area (Å²) in [5.74, 6) is 1.98. The number of aromatic nitrogens is 5. The van der Waals surface area contributed by atoms with E-state index in [4.69, 9.17) is 15.0 Å². The number of hydrogen-bond acceptors (Lipinski definition) is 3. The lowest BCUT2D eigenvalue weighted by atomic mass is 9.93. The van der Waals surface area contributed by atoms with Crippen molar-refractivity contribution in [1.82, 2.24) is 23.9 Å². The third-order valence-corrected chi connectivity index (χ3v) is 11.8. The standard InChI is InChI=1S/C51H29N5/c1-3-12-30(13-4-1)49-52-50(31-14-5-2-6-15-31)54-51(53-49)32-22-27-44-41(28-32)39-26-25-38-40-29-33(55-42-19-9-7-16-35(42)36-17-8-10-20-43(36)55)23-24-34(40)37-18-11-21-45-46(37)47(38)48(39)56(44)45/h1-29H. The Balaban J connectivity index is 1.06. The Morgan fingerprint density at radius 2 is 0.857 bits per heavy atom. The second-order valence-corrected chi connectivity index (χ2v) is 14.8. The summed E-state index contributed by atoms with van der Waals surface area (Å²) in [7, 11) is 0. The SMILES string of the molecule is c1ccc(-c2nc(-c3ccccc3)nc(-c3ccc4c(c3)c3ccc5c6cc(-n7c8ccccc8c8ccccc87)ccc6c6cccc7c6c5c3n47)n2)cc1. The molecule has 0 unspecified atom stereocenters. The van der Waals surface area contributed by atoms with E-state index >= 15 is 0 Å². The summed E-state index contributed by atoms with van der Waals surface area (Å²) >= 11 is 0. The van der Waals surface area contributed by atoms with Crippen LogP contribution in [0.25, 0.3) is 121 Å². The third kappa shape index (κ3) is 3.95. The molecule has 4 aromatic heterocycles. The molecule has 0 aliphatic heterocycles. The fraction of sp³-hybridized carbons (Fsp3) is 0. The molecule has 13 rings (SSSR count). The fourth-order valence-corrected chi connectivity index (χ4v) is 9.46. The molecule has 0 aliphatic carbocycles. The van der Waals surface area contributed by atoms with Crippen molar-refractivity contribution < 1.29 is 0 Å². The highest BCUT2D eigenvalue weighted by molar-refractivity contribution is 6.38. The average molecular weight is 712 g/mol. The monoisotopic (exact) mass is 711 g/mol. The smallest absolute Gasteiger partial charge is 0.164 e. The van der Waals surface area contributed by atoms with Crippen LogP contribution in [0.4, 0.5) is 0 Å². The van der Waals surface area contributed by atoms with E-state index in [1.807, 2.05) is 36.4 Å². The van der Waals surface area contributed by atoms with E-state index < -0.39 is 0 Å². The van der Waals surface area contributed by atoms with Gasteiger partial charge in [-0.25, -0.2) is 15.0 Å². The molecule has 4 heterocycles. The predicted octanol–water partition coefficient (Wildman–Crippen LogP) is 12.9. The molecule has 0 N–H and O–H groups in total. The molecular formula is C51H29N5. The number of nitrogens with zero attached hydrogens (tertiary/aromatic N) is 5. The van der Waals surface area contributed by atoms with Gasteiger partial charge in [0.15, 0.2) is 17.5 Å². The van der Waals surface area contributed by atoms with Crippen LogP contribution in [0.1, 0.15) is 0 Å². The Morgan fingerprint density at radius 3 is 1.55 bits per heavy atom. The highest BCUT2D eigenvalue weighted by atomic mass is 15.0. The van der Waals surface area contributed by atoms with Crippen LogP contribution in [0.15, 0.2) is 176 Å². The minimum Gasteiger partial charge on any atom is -0.309 e. The van der Waals surface area contributed by atoms with E-state index in [9.17, 15) is 0 Å². The molecule has 0 spiro atoms. The van der Waals surface area contributed by atoms with E-state index in [-0.39, 0.29) is 0 Å². The molecule has 9 aromatic carbocycles. The summed E-state index contributed by atoms with van der Waals surface area (Å²) in [6.07, 6.45) is 0.